The van der Waals surface area contributed by atoms with Crippen LogP contribution in [0.15, 0.2) is 41.4 Å². The number of nitrogens with zero attached hydrogens (tertiary/aromatic N) is 1. The van der Waals surface area contributed by atoms with Crippen molar-refractivity contribution in [1.82, 2.24) is 10.6 Å². The molecule has 0 radical (unpaired) electrons. The molecule has 0 aliphatic heterocycles. The molecule has 2 rings (SSSR count). The summed E-state index contributed by atoms with van der Waals surface area (Å²) in [6.07, 6.45) is 0.884. The van der Waals surface area contributed by atoms with Gasteiger partial charge < -0.3 is 29.6 Å². The number of rotatable bonds is 11. The van der Waals surface area contributed by atoms with E-state index in [-0.39, 0.29) is 24.0 Å². The Kier molecular flexibility index (Phi) is 12.7. The second-order valence-corrected chi connectivity index (χ2v) is 7.48. The smallest absolute Gasteiger partial charge is 0.203 e. The van der Waals surface area contributed by atoms with Gasteiger partial charge in [-0.05, 0) is 47.7 Å². The van der Waals surface area contributed by atoms with Gasteiger partial charge in [-0.2, -0.15) is 0 Å². The van der Waals surface area contributed by atoms with Crippen molar-refractivity contribution in [3.05, 3.63) is 47.5 Å². The van der Waals surface area contributed by atoms with Gasteiger partial charge in [0.25, 0.3) is 0 Å². The minimum absolute atomic E-state index is 0. The number of ether oxygens (including phenoxy) is 4. The quantitative estimate of drug-likeness (QED) is 0.244. The molecular formula is C24H36IN3O4. The van der Waals surface area contributed by atoms with Crippen LogP contribution in [0.4, 0.5) is 0 Å². The summed E-state index contributed by atoms with van der Waals surface area (Å²) in [7, 11) is 6.57. The van der Waals surface area contributed by atoms with E-state index in [1.54, 1.807) is 28.4 Å². The lowest BCUT2D eigenvalue weighted by molar-refractivity contribution is 0.271. The number of methoxy groups -OCH3 is 3. The molecule has 2 aromatic rings. The Morgan fingerprint density at radius 1 is 0.906 bits per heavy atom. The molecule has 0 atom stereocenters. The van der Waals surface area contributed by atoms with Crippen molar-refractivity contribution < 1.29 is 18.9 Å². The van der Waals surface area contributed by atoms with E-state index in [1.807, 2.05) is 24.3 Å². The fraction of sp³-hybridized carbons (Fsp3) is 0.458. The topological polar surface area (TPSA) is 73.3 Å². The molecule has 7 nitrogen and oxygen atoms in total. The SMILES string of the molecule is CN=C(NCCc1ccc(OCC(C)C)cc1)NCc1cc(OC)c(OC)c(OC)c1.I. The fourth-order valence-corrected chi connectivity index (χ4v) is 2.98. The molecule has 8 heteroatoms. The summed E-state index contributed by atoms with van der Waals surface area (Å²) < 4.78 is 21.9. The highest BCUT2D eigenvalue weighted by Crippen LogP contribution is 2.38. The van der Waals surface area contributed by atoms with Gasteiger partial charge in [-0.25, -0.2) is 0 Å². The van der Waals surface area contributed by atoms with Crippen molar-refractivity contribution in [3.8, 4) is 23.0 Å². The summed E-state index contributed by atoms with van der Waals surface area (Å²) in [6, 6.07) is 12.1. The largest absolute Gasteiger partial charge is 0.493 e. The lowest BCUT2D eigenvalue weighted by atomic mass is 10.1. The van der Waals surface area contributed by atoms with Crippen LogP contribution in [0.25, 0.3) is 0 Å². The third-order valence-corrected chi connectivity index (χ3v) is 4.62. The number of aliphatic imine (C=N–C) groups is 1. The van der Waals surface area contributed by atoms with E-state index in [2.05, 4.69) is 41.6 Å². The van der Waals surface area contributed by atoms with E-state index in [0.29, 0.717) is 29.7 Å². The monoisotopic (exact) mass is 557 g/mol. The molecule has 2 aromatic carbocycles. The van der Waals surface area contributed by atoms with Crippen molar-refractivity contribution in [2.24, 2.45) is 10.9 Å². The van der Waals surface area contributed by atoms with Crippen LogP contribution in [0.5, 0.6) is 23.0 Å². The summed E-state index contributed by atoms with van der Waals surface area (Å²) in [5.74, 6) is 3.99. The van der Waals surface area contributed by atoms with Gasteiger partial charge >= 0.3 is 0 Å². The van der Waals surface area contributed by atoms with Crippen LogP contribution in [0.3, 0.4) is 0 Å². The van der Waals surface area contributed by atoms with Gasteiger partial charge in [0.2, 0.25) is 5.75 Å². The molecular weight excluding hydrogens is 521 g/mol. The van der Waals surface area contributed by atoms with E-state index < -0.39 is 0 Å². The summed E-state index contributed by atoms with van der Waals surface area (Å²) >= 11 is 0. The number of halogens is 1. The second kappa shape index (κ2) is 14.7. The van der Waals surface area contributed by atoms with E-state index in [4.69, 9.17) is 18.9 Å². The Morgan fingerprint density at radius 2 is 1.53 bits per heavy atom. The number of benzene rings is 2. The molecule has 0 unspecified atom stereocenters. The normalized spacial score (nSPS) is 10.9. The van der Waals surface area contributed by atoms with Gasteiger partial charge in [-0.3, -0.25) is 4.99 Å². The summed E-state index contributed by atoms with van der Waals surface area (Å²) in [5, 5.41) is 6.66. The van der Waals surface area contributed by atoms with Crippen molar-refractivity contribution in [2.75, 3.05) is 41.5 Å². The Labute approximate surface area is 208 Å². The zero-order valence-electron chi connectivity index (χ0n) is 19.9. The maximum atomic E-state index is 5.73. The molecule has 0 amide bonds. The molecule has 0 saturated carbocycles. The average molecular weight is 557 g/mol. The van der Waals surface area contributed by atoms with Crippen LogP contribution < -0.4 is 29.6 Å². The number of guanidine groups is 1. The third kappa shape index (κ3) is 8.64. The lowest BCUT2D eigenvalue weighted by Gasteiger charge is -2.16. The fourth-order valence-electron chi connectivity index (χ4n) is 2.98. The third-order valence-electron chi connectivity index (χ3n) is 4.62. The van der Waals surface area contributed by atoms with Crippen molar-refractivity contribution in [3.63, 3.8) is 0 Å². The second-order valence-electron chi connectivity index (χ2n) is 7.48. The van der Waals surface area contributed by atoms with Gasteiger partial charge in [-0.1, -0.05) is 26.0 Å². The van der Waals surface area contributed by atoms with Gasteiger partial charge in [0.05, 0.1) is 27.9 Å². The molecule has 0 aliphatic carbocycles. The van der Waals surface area contributed by atoms with Crippen LogP contribution in [0.1, 0.15) is 25.0 Å². The molecule has 0 spiro atoms. The van der Waals surface area contributed by atoms with Gasteiger partial charge in [-0.15, -0.1) is 24.0 Å². The molecule has 2 N–H and O–H groups in total. The number of hydrogen-bond donors (Lipinski definition) is 2. The van der Waals surface area contributed by atoms with Gasteiger partial charge in [0, 0.05) is 20.1 Å². The highest BCUT2D eigenvalue weighted by molar-refractivity contribution is 14.0. The molecule has 0 saturated heterocycles. The summed E-state index contributed by atoms with van der Waals surface area (Å²) in [5.41, 5.74) is 2.24. The minimum Gasteiger partial charge on any atom is -0.493 e. The molecule has 0 bridgehead atoms. The Balaban J connectivity index is 0.00000512. The van der Waals surface area contributed by atoms with E-state index in [1.165, 1.54) is 5.56 Å². The Morgan fingerprint density at radius 3 is 2.03 bits per heavy atom. The zero-order valence-corrected chi connectivity index (χ0v) is 22.2. The first-order valence-corrected chi connectivity index (χ1v) is 10.5. The van der Waals surface area contributed by atoms with Crippen molar-refractivity contribution in [2.45, 2.75) is 26.8 Å². The average Bonchev–Trinajstić information content (AvgIpc) is 2.79. The van der Waals surface area contributed by atoms with Crippen molar-refractivity contribution >= 4 is 29.9 Å². The van der Waals surface area contributed by atoms with Crippen LogP contribution in [0, 0.1) is 5.92 Å². The standard InChI is InChI=1S/C24H35N3O4.HI/c1-17(2)16-31-20-9-7-18(8-10-20)11-12-26-24(25-3)27-15-19-13-21(28-4)23(30-6)22(14-19)29-5;/h7-10,13-14,17H,11-12,15-16H2,1-6H3,(H2,25,26,27);1H. The first-order chi connectivity index (χ1) is 15.0. The minimum atomic E-state index is 0. The van der Waals surface area contributed by atoms with Crippen LogP contribution in [-0.2, 0) is 13.0 Å². The molecule has 0 fully saturated rings. The molecule has 178 valence electrons. The number of hydrogen-bond acceptors (Lipinski definition) is 5. The van der Waals surface area contributed by atoms with Crippen LogP contribution >= 0.6 is 24.0 Å². The molecule has 0 heterocycles. The molecule has 0 aromatic heterocycles. The highest BCUT2D eigenvalue weighted by atomic mass is 127. The number of nitrogens with one attached hydrogen (secondary N) is 2. The Hall–Kier alpha value is -2.36. The zero-order chi connectivity index (χ0) is 22.6. The predicted molar refractivity (Wildman–Crippen MR) is 140 cm³/mol. The first kappa shape index (κ1) is 27.7. The van der Waals surface area contributed by atoms with Crippen LogP contribution in [-0.4, -0.2) is 47.5 Å². The summed E-state index contributed by atoms with van der Waals surface area (Å²) in [6.45, 7) is 6.35. The van der Waals surface area contributed by atoms with E-state index in [0.717, 1.165) is 36.8 Å². The molecule has 0 aliphatic rings. The van der Waals surface area contributed by atoms with E-state index in [9.17, 15) is 0 Å². The predicted octanol–water partition coefficient (Wildman–Crippen LogP) is 4.27. The molecule has 32 heavy (non-hydrogen) atoms. The summed E-state index contributed by atoms with van der Waals surface area (Å²) in [4.78, 5) is 4.30. The van der Waals surface area contributed by atoms with E-state index >= 15 is 0 Å². The Bertz CT molecular complexity index is 817. The highest BCUT2D eigenvalue weighted by Gasteiger charge is 2.13. The van der Waals surface area contributed by atoms with Gasteiger partial charge in [0.15, 0.2) is 17.5 Å². The van der Waals surface area contributed by atoms with Crippen molar-refractivity contribution in [1.29, 1.82) is 0 Å². The van der Waals surface area contributed by atoms with Gasteiger partial charge in [0.1, 0.15) is 5.75 Å². The lowest BCUT2D eigenvalue weighted by Crippen LogP contribution is -2.37. The maximum absolute atomic E-state index is 5.73. The van der Waals surface area contributed by atoms with Crippen LogP contribution in [0.2, 0.25) is 0 Å². The maximum Gasteiger partial charge on any atom is 0.203 e. The first-order valence-electron chi connectivity index (χ1n) is 10.5.